The first-order chi connectivity index (χ1) is 11.2. The summed E-state index contributed by atoms with van der Waals surface area (Å²) >= 11 is 5.11. The lowest BCUT2D eigenvalue weighted by atomic mass is 10.1. The lowest BCUT2D eigenvalue weighted by Crippen LogP contribution is -2.22. The molecule has 8 heteroatoms. The molecule has 1 fully saturated rings. The van der Waals surface area contributed by atoms with Crippen molar-refractivity contribution in [3.63, 3.8) is 0 Å². The number of hydrogen-bond acceptors (Lipinski definition) is 5. The number of fused-ring (bicyclic) bond motifs is 1. The van der Waals surface area contributed by atoms with Crippen LogP contribution in [0.5, 0.6) is 0 Å². The summed E-state index contributed by atoms with van der Waals surface area (Å²) in [6.45, 7) is 0. The summed E-state index contributed by atoms with van der Waals surface area (Å²) in [5, 5.41) is 7.90. The maximum absolute atomic E-state index is 12.7. The molecule has 2 aliphatic rings. The predicted molar refractivity (Wildman–Crippen MR) is 97.9 cm³/mol. The monoisotopic (exact) mass is 367 g/mol. The van der Waals surface area contributed by atoms with Crippen molar-refractivity contribution in [2.75, 3.05) is 22.6 Å². The van der Waals surface area contributed by atoms with Crippen molar-refractivity contribution >= 4 is 46.6 Å². The van der Waals surface area contributed by atoms with Crippen LogP contribution in [0.25, 0.3) is 0 Å². The second kappa shape index (κ2) is 6.41. The zero-order chi connectivity index (χ0) is 15.8. The molecular formula is C15H17N3O2S3. The van der Waals surface area contributed by atoms with Crippen LogP contribution in [-0.2, 0) is 4.79 Å². The summed E-state index contributed by atoms with van der Waals surface area (Å²) in [5.74, 6) is 3.21. The van der Waals surface area contributed by atoms with Gasteiger partial charge in [0, 0.05) is 4.88 Å². The van der Waals surface area contributed by atoms with Gasteiger partial charge < -0.3 is 5.32 Å². The Kier molecular flexibility index (Phi) is 4.29. The summed E-state index contributed by atoms with van der Waals surface area (Å²) in [6.07, 6.45) is 2.04. The van der Waals surface area contributed by atoms with Crippen LogP contribution >= 0.6 is 34.9 Å². The van der Waals surface area contributed by atoms with Gasteiger partial charge in [0.2, 0.25) is 5.91 Å². The maximum Gasteiger partial charge on any atom is 0.271 e. The summed E-state index contributed by atoms with van der Waals surface area (Å²) < 4.78 is 1.92. The van der Waals surface area contributed by atoms with Gasteiger partial charge in [-0.25, -0.2) is 0 Å². The van der Waals surface area contributed by atoms with Crippen LogP contribution < -0.4 is 10.9 Å². The molecule has 2 aromatic rings. The molecule has 0 bridgehead atoms. The molecule has 0 spiro atoms. The van der Waals surface area contributed by atoms with Crippen molar-refractivity contribution in [2.24, 2.45) is 0 Å². The van der Waals surface area contributed by atoms with Gasteiger partial charge in [-0.3, -0.25) is 19.4 Å². The van der Waals surface area contributed by atoms with Gasteiger partial charge in [0.1, 0.15) is 5.82 Å². The van der Waals surface area contributed by atoms with E-state index >= 15 is 0 Å². The van der Waals surface area contributed by atoms with Gasteiger partial charge in [0.05, 0.1) is 22.6 Å². The number of thiophene rings is 1. The number of nitrogens with zero attached hydrogens (tertiary/aromatic N) is 1. The third-order valence-electron chi connectivity index (χ3n) is 4.22. The number of aromatic nitrogens is 2. The Labute approximate surface area is 146 Å². The SMILES string of the molecule is O=C1CS[C@H](c2cccs2)c2c(n(C3CCSCC3)[nH]c2=O)N1. The lowest BCUT2D eigenvalue weighted by Gasteiger charge is -2.24. The fourth-order valence-corrected chi connectivity index (χ4v) is 6.31. The highest BCUT2D eigenvalue weighted by Gasteiger charge is 2.32. The van der Waals surface area contributed by atoms with Crippen LogP contribution in [0.4, 0.5) is 5.82 Å². The number of carbonyl (C=O) groups is 1. The topological polar surface area (TPSA) is 66.9 Å². The maximum atomic E-state index is 12.7. The zero-order valence-corrected chi connectivity index (χ0v) is 14.9. The highest BCUT2D eigenvalue weighted by Crippen LogP contribution is 2.42. The Morgan fingerprint density at radius 2 is 2.04 bits per heavy atom. The normalized spacial score (nSPS) is 22.4. The smallest absolute Gasteiger partial charge is 0.271 e. The first-order valence-electron chi connectivity index (χ1n) is 7.61. The number of nitrogens with one attached hydrogen (secondary N) is 2. The first-order valence-corrected chi connectivity index (χ1v) is 10.7. The van der Waals surface area contributed by atoms with Crippen LogP contribution in [0, 0.1) is 0 Å². The van der Waals surface area contributed by atoms with Crippen LogP contribution in [0.1, 0.15) is 34.6 Å². The van der Waals surface area contributed by atoms with E-state index < -0.39 is 0 Å². The van der Waals surface area contributed by atoms with Gasteiger partial charge in [-0.1, -0.05) is 6.07 Å². The molecule has 23 heavy (non-hydrogen) atoms. The number of anilines is 1. The number of hydrogen-bond donors (Lipinski definition) is 2. The molecule has 1 saturated heterocycles. The molecule has 1 amide bonds. The zero-order valence-electron chi connectivity index (χ0n) is 12.4. The van der Waals surface area contributed by atoms with Crippen molar-refractivity contribution in [1.82, 2.24) is 9.78 Å². The highest BCUT2D eigenvalue weighted by molar-refractivity contribution is 8.00. The molecular weight excluding hydrogens is 350 g/mol. The van der Waals surface area contributed by atoms with E-state index in [9.17, 15) is 9.59 Å². The lowest BCUT2D eigenvalue weighted by molar-refractivity contribution is -0.113. The molecule has 2 N–H and O–H groups in total. The Bertz CT molecular complexity index is 760. The highest BCUT2D eigenvalue weighted by atomic mass is 32.2. The van der Waals surface area contributed by atoms with Gasteiger partial charge >= 0.3 is 0 Å². The van der Waals surface area contributed by atoms with E-state index in [-0.39, 0.29) is 22.8 Å². The molecule has 5 nitrogen and oxygen atoms in total. The Morgan fingerprint density at radius 3 is 2.78 bits per heavy atom. The number of carbonyl (C=O) groups excluding carboxylic acids is 1. The fraction of sp³-hybridized carbons (Fsp3) is 0.467. The van der Waals surface area contributed by atoms with Gasteiger partial charge in [-0.2, -0.15) is 11.8 Å². The van der Waals surface area contributed by atoms with Crippen molar-refractivity contribution in [2.45, 2.75) is 24.1 Å². The van der Waals surface area contributed by atoms with Gasteiger partial charge in [0.15, 0.2) is 0 Å². The molecule has 4 heterocycles. The van der Waals surface area contributed by atoms with Crippen LogP contribution in [0.3, 0.4) is 0 Å². The molecule has 0 aliphatic carbocycles. The van der Waals surface area contributed by atoms with Crippen LogP contribution in [0.2, 0.25) is 0 Å². The number of rotatable bonds is 2. The average molecular weight is 368 g/mol. The largest absolute Gasteiger partial charge is 0.310 e. The molecule has 0 saturated carbocycles. The standard InChI is InChI=1S/C15H17N3O2S3/c19-11-8-23-13(10-2-1-5-22-10)12-14(16-11)18(17-15(12)20)9-3-6-21-7-4-9/h1-2,5,9,13H,3-4,6-8H2,(H,16,19)(H,17,20)/t13-/m1/s1. The number of H-pyrrole nitrogens is 1. The van der Waals surface area contributed by atoms with E-state index in [2.05, 4.69) is 10.4 Å². The summed E-state index contributed by atoms with van der Waals surface area (Å²) in [5.41, 5.74) is 0.618. The van der Waals surface area contributed by atoms with Crippen molar-refractivity contribution in [1.29, 1.82) is 0 Å². The Hall–Kier alpha value is -1.12. The van der Waals surface area contributed by atoms with Crippen LogP contribution in [-0.4, -0.2) is 32.9 Å². The van der Waals surface area contributed by atoms with Gasteiger partial charge in [0.25, 0.3) is 5.56 Å². The molecule has 2 aliphatic heterocycles. The summed E-state index contributed by atoms with van der Waals surface area (Å²) in [6, 6.07) is 4.29. The van der Waals surface area contributed by atoms with E-state index in [0.717, 1.165) is 29.2 Å². The second-order valence-electron chi connectivity index (χ2n) is 5.67. The number of aromatic amines is 1. The molecule has 122 valence electrons. The molecule has 0 unspecified atom stereocenters. The first kappa shape index (κ1) is 15.4. The van der Waals surface area contributed by atoms with E-state index in [4.69, 9.17) is 0 Å². The van der Waals surface area contributed by atoms with Gasteiger partial charge in [-0.15, -0.1) is 23.1 Å². The summed E-state index contributed by atoms with van der Waals surface area (Å²) in [7, 11) is 0. The molecule has 0 aromatic carbocycles. The Balaban J connectivity index is 1.82. The van der Waals surface area contributed by atoms with Crippen molar-refractivity contribution in [3.8, 4) is 0 Å². The molecule has 2 aromatic heterocycles. The van der Waals surface area contributed by atoms with E-state index in [1.807, 2.05) is 34.0 Å². The van der Waals surface area contributed by atoms with E-state index in [1.54, 1.807) is 11.3 Å². The second-order valence-corrected chi connectivity index (χ2v) is 8.97. The molecule has 0 radical (unpaired) electrons. The molecule has 4 rings (SSSR count). The Morgan fingerprint density at radius 1 is 1.22 bits per heavy atom. The van der Waals surface area contributed by atoms with Crippen LogP contribution in [0.15, 0.2) is 22.3 Å². The molecule has 1 atom stereocenters. The summed E-state index contributed by atoms with van der Waals surface area (Å²) in [4.78, 5) is 25.9. The van der Waals surface area contributed by atoms with Crippen molar-refractivity contribution < 1.29 is 4.79 Å². The minimum Gasteiger partial charge on any atom is -0.310 e. The van der Waals surface area contributed by atoms with Crippen molar-refractivity contribution in [3.05, 3.63) is 38.3 Å². The number of thioether (sulfide) groups is 2. The third kappa shape index (κ3) is 2.88. The minimum atomic E-state index is -0.0775. The van der Waals surface area contributed by atoms with E-state index in [0.29, 0.717) is 17.1 Å². The van der Waals surface area contributed by atoms with Gasteiger partial charge in [-0.05, 0) is 35.8 Å². The predicted octanol–water partition coefficient (Wildman–Crippen LogP) is 3.08. The third-order valence-corrected chi connectivity index (χ3v) is 7.61. The number of amides is 1. The minimum absolute atomic E-state index is 0.0340. The fourth-order valence-electron chi connectivity index (χ4n) is 3.13. The average Bonchev–Trinajstić information content (AvgIpc) is 3.15. The quantitative estimate of drug-likeness (QED) is 0.856. The van der Waals surface area contributed by atoms with E-state index in [1.165, 1.54) is 11.8 Å².